The topological polar surface area (TPSA) is 94.9 Å². The summed E-state index contributed by atoms with van der Waals surface area (Å²) in [6, 6.07) is 10.6. The first-order chi connectivity index (χ1) is 13.1. The average molecular weight is 363 g/mol. The highest BCUT2D eigenvalue weighted by Crippen LogP contribution is 2.18. The molecular formula is C19H17N5O3. The zero-order valence-corrected chi connectivity index (χ0v) is 14.6. The molecule has 0 spiro atoms. The number of carbonyl (C=O) groups is 1. The van der Waals surface area contributed by atoms with Gasteiger partial charge in [0.15, 0.2) is 5.65 Å². The molecule has 0 amide bonds. The Morgan fingerprint density at radius 3 is 2.67 bits per heavy atom. The van der Waals surface area contributed by atoms with Crippen molar-refractivity contribution in [1.82, 2.24) is 23.7 Å². The van der Waals surface area contributed by atoms with Crippen LogP contribution in [0, 0.1) is 0 Å². The Morgan fingerprint density at radius 2 is 1.96 bits per heavy atom. The lowest BCUT2D eigenvalue weighted by atomic mass is 10.2. The molecule has 0 aliphatic carbocycles. The number of nitrogens with zero attached hydrogens (tertiary/aromatic N) is 5. The number of carboxylic acids is 1. The fraction of sp³-hybridized carbons (Fsp3) is 0.158. The van der Waals surface area contributed by atoms with Crippen molar-refractivity contribution in [2.75, 3.05) is 0 Å². The fourth-order valence-corrected chi connectivity index (χ4v) is 3.14. The van der Waals surface area contributed by atoms with Crippen LogP contribution >= 0.6 is 0 Å². The van der Waals surface area contributed by atoms with Gasteiger partial charge in [0.1, 0.15) is 0 Å². The van der Waals surface area contributed by atoms with E-state index < -0.39 is 5.97 Å². The molecular weight excluding hydrogens is 346 g/mol. The number of rotatable bonds is 5. The highest BCUT2D eigenvalue weighted by atomic mass is 16.4. The number of imidazole rings is 2. The zero-order valence-electron chi connectivity index (χ0n) is 14.6. The number of carboxylic acid groups (broad SMARTS) is 1. The van der Waals surface area contributed by atoms with Crippen molar-refractivity contribution in [3.05, 3.63) is 76.9 Å². The molecule has 8 heteroatoms. The first kappa shape index (κ1) is 16.8. The molecule has 1 N–H and O–H groups in total. The summed E-state index contributed by atoms with van der Waals surface area (Å²) in [6.45, 7) is 2.99. The molecule has 0 bridgehead atoms. The first-order valence-corrected chi connectivity index (χ1v) is 8.49. The summed E-state index contributed by atoms with van der Waals surface area (Å²) in [7, 11) is 0. The summed E-state index contributed by atoms with van der Waals surface area (Å²) < 4.78 is 4.96. The summed E-state index contributed by atoms with van der Waals surface area (Å²) in [5.41, 5.74) is 2.16. The van der Waals surface area contributed by atoms with Crippen LogP contribution in [0.25, 0.3) is 16.9 Å². The monoisotopic (exact) mass is 363 g/mol. The van der Waals surface area contributed by atoms with E-state index in [0.717, 1.165) is 12.2 Å². The van der Waals surface area contributed by atoms with E-state index in [-0.39, 0.29) is 17.8 Å². The van der Waals surface area contributed by atoms with E-state index in [1.165, 1.54) is 21.4 Å². The minimum absolute atomic E-state index is 0.0328. The Bertz CT molecular complexity index is 1190. The van der Waals surface area contributed by atoms with E-state index in [0.29, 0.717) is 16.9 Å². The molecule has 8 nitrogen and oxygen atoms in total. The second kappa shape index (κ2) is 6.56. The second-order valence-electron chi connectivity index (χ2n) is 6.08. The molecule has 3 aromatic heterocycles. The van der Waals surface area contributed by atoms with E-state index in [1.807, 2.05) is 41.8 Å². The van der Waals surface area contributed by atoms with Crippen LogP contribution in [0.1, 0.15) is 23.0 Å². The SMILES string of the molecule is CCn1cncc1Cn1c(=O)n(-c2ccccc2)c2ncc(C(=O)O)cc21. The van der Waals surface area contributed by atoms with Crippen molar-refractivity contribution in [3.8, 4) is 5.69 Å². The third-order valence-corrected chi connectivity index (χ3v) is 4.49. The summed E-state index contributed by atoms with van der Waals surface area (Å²) >= 11 is 0. The summed E-state index contributed by atoms with van der Waals surface area (Å²) in [4.78, 5) is 33.0. The van der Waals surface area contributed by atoms with E-state index in [9.17, 15) is 14.7 Å². The van der Waals surface area contributed by atoms with Crippen LogP contribution < -0.4 is 5.69 Å². The van der Waals surface area contributed by atoms with Gasteiger partial charge in [0.2, 0.25) is 0 Å². The number of fused-ring (bicyclic) bond motifs is 1. The number of pyridine rings is 1. The lowest BCUT2D eigenvalue weighted by Gasteiger charge is -2.06. The standard InChI is InChI=1S/C19H17N5O3/c1-2-22-12-20-10-15(22)11-23-16-8-13(18(25)26)9-21-17(16)24(19(23)27)14-6-4-3-5-7-14/h3-10,12H,2,11H2,1H3,(H,25,26). The first-order valence-electron chi connectivity index (χ1n) is 8.49. The van der Waals surface area contributed by atoms with Gasteiger partial charge in [-0.1, -0.05) is 18.2 Å². The Labute approximate surface area is 154 Å². The average Bonchev–Trinajstić information content (AvgIpc) is 3.24. The van der Waals surface area contributed by atoms with Crippen molar-refractivity contribution in [3.63, 3.8) is 0 Å². The van der Waals surface area contributed by atoms with Crippen LogP contribution in [0.5, 0.6) is 0 Å². The van der Waals surface area contributed by atoms with E-state index in [2.05, 4.69) is 9.97 Å². The molecule has 0 radical (unpaired) electrons. The Balaban J connectivity index is 1.99. The lowest BCUT2D eigenvalue weighted by molar-refractivity contribution is 0.0696. The molecule has 0 fully saturated rings. The number of aromatic nitrogens is 5. The van der Waals surface area contributed by atoms with Gasteiger partial charge in [-0.15, -0.1) is 0 Å². The number of hydrogen-bond acceptors (Lipinski definition) is 4. The van der Waals surface area contributed by atoms with Crippen LogP contribution in [-0.4, -0.2) is 34.7 Å². The van der Waals surface area contributed by atoms with Crippen molar-refractivity contribution in [1.29, 1.82) is 0 Å². The largest absolute Gasteiger partial charge is 0.478 e. The quantitative estimate of drug-likeness (QED) is 0.586. The van der Waals surface area contributed by atoms with Gasteiger partial charge in [0, 0.05) is 18.9 Å². The minimum atomic E-state index is -1.09. The van der Waals surface area contributed by atoms with Gasteiger partial charge in [-0.3, -0.25) is 4.57 Å². The molecule has 0 saturated carbocycles. The van der Waals surface area contributed by atoms with Crippen LogP contribution in [0.15, 0.2) is 59.9 Å². The van der Waals surface area contributed by atoms with Crippen LogP contribution in [-0.2, 0) is 13.1 Å². The predicted molar refractivity (Wildman–Crippen MR) is 99.3 cm³/mol. The molecule has 1 aromatic carbocycles. The van der Waals surface area contributed by atoms with Gasteiger partial charge in [0.05, 0.1) is 35.3 Å². The maximum absolute atomic E-state index is 13.2. The number of aromatic carboxylic acids is 1. The summed E-state index contributed by atoms with van der Waals surface area (Å²) in [5, 5.41) is 9.32. The van der Waals surface area contributed by atoms with Gasteiger partial charge >= 0.3 is 11.7 Å². The molecule has 0 aliphatic heterocycles. The second-order valence-corrected chi connectivity index (χ2v) is 6.08. The van der Waals surface area contributed by atoms with E-state index in [1.54, 1.807) is 12.5 Å². The van der Waals surface area contributed by atoms with Gasteiger partial charge < -0.3 is 9.67 Å². The lowest BCUT2D eigenvalue weighted by Crippen LogP contribution is -2.24. The van der Waals surface area contributed by atoms with Gasteiger partial charge in [-0.2, -0.15) is 0 Å². The maximum atomic E-state index is 13.2. The number of benzene rings is 1. The third kappa shape index (κ3) is 2.80. The Hall–Kier alpha value is -3.68. The van der Waals surface area contributed by atoms with Gasteiger partial charge in [-0.25, -0.2) is 24.1 Å². The fourth-order valence-electron chi connectivity index (χ4n) is 3.14. The number of hydrogen-bond donors (Lipinski definition) is 1. The Kier molecular flexibility index (Phi) is 4.08. The smallest absolute Gasteiger partial charge is 0.337 e. The van der Waals surface area contributed by atoms with Crippen molar-refractivity contribution in [2.45, 2.75) is 20.0 Å². The number of para-hydroxylation sites is 1. The van der Waals surface area contributed by atoms with Crippen molar-refractivity contribution in [2.24, 2.45) is 0 Å². The molecule has 0 atom stereocenters. The number of aryl methyl sites for hydroxylation is 1. The molecule has 4 rings (SSSR count). The predicted octanol–water partition coefficient (Wildman–Crippen LogP) is 2.15. The molecule has 4 aromatic rings. The molecule has 136 valence electrons. The third-order valence-electron chi connectivity index (χ3n) is 4.49. The van der Waals surface area contributed by atoms with Crippen LogP contribution in [0.2, 0.25) is 0 Å². The highest BCUT2D eigenvalue weighted by molar-refractivity contribution is 5.91. The molecule has 0 unspecified atom stereocenters. The molecule has 0 saturated heterocycles. The van der Waals surface area contributed by atoms with Crippen LogP contribution in [0.4, 0.5) is 0 Å². The zero-order chi connectivity index (χ0) is 19.0. The molecule has 3 heterocycles. The summed E-state index contributed by atoms with van der Waals surface area (Å²) in [5.74, 6) is -1.09. The summed E-state index contributed by atoms with van der Waals surface area (Å²) in [6.07, 6.45) is 4.68. The minimum Gasteiger partial charge on any atom is -0.478 e. The van der Waals surface area contributed by atoms with Crippen LogP contribution in [0.3, 0.4) is 0 Å². The highest BCUT2D eigenvalue weighted by Gasteiger charge is 2.19. The molecule has 0 aliphatic rings. The van der Waals surface area contributed by atoms with Crippen molar-refractivity contribution >= 4 is 17.1 Å². The van der Waals surface area contributed by atoms with Gasteiger partial charge in [-0.05, 0) is 25.1 Å². The molecule has 27 heavy (non-hydrogen) atoms. The van der Waals surface area contributed by atoms with Gasteiger partial charge in [0.25, 0.3) is 0 Å². The van der Waals surface area contributed by atoms with Crippen molar-refractivity contribution < 1.29 is 9.90 Å². The normalized spacial score (nSPS) is 11.1. The Morgan fingerprint density at radius 1 is 1.19 bits per heavy atom. The van der Waals surface area contributed by atoms with E-state index >= 15 is 0 Å². The maximum Gasteiger partial charge on any atom is 0.337 e. The van der Waals surface area contributed by atoms with E-state index in [4.69, 9.17) is 0 Å².